The number of anilines is 2. The van der Waals surface area contributed by atoms with E-state index in [1.807, 2.05) is 0 Å². The van der Waals surface area contributed by atoms with Crippen molar-refractivity contribution in [1.29, 1.82) is 0 Å². The molecule has 2 rings (SSSR count). The molecule has 0 aliphatic heterocycles. The van der Waals surface area contributed by atoms with Crippen LogP contribution in [0.15, 0.2) is 45.8 Å². The molecule has 0 bridgehead atoms. The summed E-state index contributed by atoms with van der Waals surface area (Å²) in [5, 5.41) is 0. The molecule has 0 saturated carbocycles. The average Bonchev–Trinajstić information content (AvgIpc) is 2.34. The lowest BCUT2D eigenvalue weighted by atomic mass is 10.2. The SMILES string of the molecule is Cc1c(Br)cccc1NS(=O)(=O)c1ccc(F)cc1N. The Bertz CT molecular complexity index is 763. The van der Waals surface area contributed by atoms with Crippen molar-refractivity contribution in [2.24, 2.45) is 0 Å². The Morgan fingerprint density at radius 1 is 1.25 bits per heavy atom. The van der Waals surface area contributed by atoms with E-state index in [-0.39, 0.29) is 10.6 Å². The van der Waals surface area contributed by atoms with E-state index in [2.05, 4.69) is 20.7 Å². The lowest BCUT2D eigenvalue weighted by Crippen LogP contribution is -2.15. The van der Waals surface area contributed by atoms with Gasteiger partial charge in [0.25, 0.3) is 10.0 Å². The molecule has 0 atom stereocenters. The molecule has 3 N–H and O–H groups in total. The van der Waals surface area contributed by atoms with Gasteiger partial charge < -0.3 is 5.73 Å². The van der Waals surface area contributed by atoms with E-state index in [4.69, 9.17) is 5.73 Å². The van der Waals surface area contributed by atoms with Gasteiger partial charge in [-0.1, -0.05) is 22.0 Å². The first kappa shape index (κ1) is 14.8. The Kier molecular flexibility index (Phi) is 4.01. The molecule has 106 valence electrons. The highest BCUT2D eigenvalue weighted by Gasteiger charge is 2.19. The van der Waals surface area contributed by atoms with Gasteiger partial charge in [0, 0.05) is 4.47 Å². The smallest absolute Gasteiger partial charge is 0.263 e. The zero-order valence-corrected chi connectivity index (χ0v) is 12.9. The molecule has 7 heteroatoms. The molecule has 0 saturated heterocycles. The van der Waals surface area contributed by atoms with Crippen molar-refractivity contribution in [2.75, 3.05) is 10.5 Å². The van der Waals surface area contributed by atoms with Gasteiger partial charge in [0.1, 0.15) is 10.7 Å². The number of nitrogens with one attached hydrogen (secondary N) is 1. The summed E-state index contributed by atoms with van der Waals surface area (Å²) in [7, 11) is -3.86. The van der Waals surface area contributed by atoms with Gasteiger partial charge in [-0.3, -0.25) is 4.72 Å². The summed E-state index contributed by atoms with van der Waals surface area (Å²) in [5.41, 5.74) is 6.61. The largest absolute Gasteiger partial charge is 0.398 e. The molecule has 0 aliphatic carbocycles. The Morgan fingerprint density at radius 2 is 1.95 bits per heavy atom. The van der Waals surface area contributed by atoms with Crippen LogP contribution in [0.5, 0.6) is 0 Å². The normalized spacial score (nSPS) is 11.3. The number of nitrogen functional groups attached to an aromatic ring is 1. The lowest BCUT2D eigenvalue weighted by Gasteiger charge is -2.12. The predicted octanol–water partition coefficient (Wildman–Crippen LogP) is 3.28. The molecule has 0 aliphatic rings. The van der Waals surface area contributed by atoms with Crippen LogP contribution < -0.4 is 10.5 Å². The molecule has 2 aromatic carbocycles. The van der Waals surface area contributed by atoms with Gasteiger partial charge in [-0.05, 0) is 42.8 Å². The van der Waals surface area contributed by atoms with Crippen LogP contribution in [-0.4, -0.2) is 8.42 Å². The number of benzene rings is 2. The van der Waals surface area contributed by atoms with Crippen LogP contribution in [0.25, 0.3) is 0 Å². The fourth-order valence-corrected chi connectivity index (χ4v) is 3.29. The van der Waals surface area contributed by atoms with Gasteiger partial charge in [-0.2, -0.15) is 0 Å². The van der Waals surface area contributed by atoms with E-state index in [0.717, 1.165) is 28.2 Å². The maximum Gasteiger partial charge on any atom is 0.263 e. The first-order valence-corrected chi connectivity index (χ1v) is 7.92. The Labute approximate surface area is 125 Å². The van der Waals surface area contributed by atoms with E-state index in [9.17, 15) is 12.8 Å². The summed E-state index contributed by atoms with van der Waals surface area (Å²) in [5.74, 6) is -0.583. The molecule has 0 aromatic heterocycles. The maximum absolute atomic E-state index is 13.0. The van der Waals surface area contributed by atoms with Crippen LogP contribution in [0.4, 0.5) is 15.8 Å². The summed E-state index contributed by atoms with van der Waals surface area (Å²) >= 11 is 3.32. The highest BCUT2D eigenvalue weighted by atomic mass is 79.9. The minimum Gasteiger partial charge on any atom is -0.398 e. The lowest BCUT2D eigenvalue weighted by molar-refractivity contribution is 0.600. The summed E-state index contributed by atoms with van der Waals surface area (Å²) < 4.78 is 40.7. The van der Waals surface area contributed by atoms with Crippen LogP contribution in [0.1, 0.15) is 5.56 Å². The van der Waals surface area contributed by atoms with Gasteiger partial charge >= 0.3 is 0 Å². The van der Waals surface area contributed by atoms with Crippen LogP contribution >= 0.6 is 15.9 Å². The van der Waals surface area contributed by atoms with E-state index in [0.29, 0.717) is 5.69 Å². The monoisotopic (exact) mass is 358 g/mol. The van der Waals surface area contributed by atoms with Gasteiger partial charge in [-0.25, -0.2) is 12.8 Å². The second-order valence-corrected chi connectivity index (χ2v) is 6.71. The third-order valence-corrected chi connectivity index (χ3v) is 5.07. The Balaban J connectivity index is 2.44. The van der Waals surface area contributed by atoms with E-state index in [1.54, 1.807) is 25.1 Å². The van der Waals surface area contributed by atoms with Crippen molar-refractivity contribution < 1.29 is 12.8 Å². The third-order valence-electron chi connectivity index (χ3n) is 2.77. The van der Waals surface area contributed by atoms with Crippen molar-refractivity contribution in [1.82, 2.24) is 0 Å². The zero-order chi connectivity index (χ0) is 14.9. The predicted molar refractivity (Wildman–Crippen MR) is 80.5 cm³/mol. The first-order valence-electron chi connectivity index (χ1n) is 5.64. The van der Waals surface area contributed by atoms with E-state index < -0.39 is 15.8 Å². The van der Waals surface area contributed by atoms with Crippen molar-refractivity contribution in [2.45, 2.75) is 11.8 Å². The van der Waals surface area contributed by atoms with Crippen molar-refractivity contribution >= 4 is 37.3 Å². The molecule has 2 aromatic rings. The van der Waals surface area contributed by atoms with Gasteiger partial charge in [0.2, 0.25) is 0 Å². The van der Waals surface area contributed by atoms with Crippen LogP contribution in [-0.2, 0) is 10.0 Å². The Morgan fingerprint density at radius 3 is 2.60 bits per heavy atom. The van der Waals surface area contributed by atoms with Crippen LogP contribution in [0, 0.1) is 12.7 Å². The summed E-state index contributed by atoms with van der Waals surface area (Å²) in [4.78, 5) is -0.154. The fraction of sp³-hybridized carbons (Fsp3) is 0.0769. The number of sulfonamides is 1. The van der Waals surface area contributed by atoms with Crippen LogP contribution in [0.3, 0.4) is 0 Å². The standard InChI is InChI=1S/C13H12BrFN2O2S/c1-8-10(14)3-2-4-12(8)17-20(18,19)13-6-5-9(15)7-11(13)16/h2-7,17H,16H2,1H3. The second kappa shape index (κ2) is 5.41. The number of rotatable bonds is 3. The highest BCUT2D eigenvalue weighted by molar-refractivity contribution is 9.10. The van der Waals surface area contributed by atoms with Crippen LogP contribution in [0.2, 0.25) is 0 Å². The third kappa shape index (κ3) is 2.94. The number of nitrogens with two attached hydrogens (primary N) is 1. The molecule has 4 nitrogen and oxygen atoms in total. The number of hydrogen-bond donors (Lipinski definition) is 2. The molecule has 0 heterocycles. The number of halogens is 2. The highest BCUT2D eigenvalue weighted by Crippen LogP contribution is 2.27. The van der Waals surface area contributed by atoms with Crippen molar-refractivity contribution in [3.05, 3.63) is 52.3 Å². The van der Waals surface area contributed by atoms with Crippen molar-refractivity contribution in [3.8, 4) is 0 Å². The fourth-order valence-electron chi connectivity index (χ4n) is 1.68. The van der Waals surface area contributed by atoms with Gasteiger partial charge in [0.05, 0.1) is 11.4 Å². The average molecular weight is 359 g/mol. The van der Waals surface area contributed by atoms with Crippen molar-refractivity contribution in [3.63, 3.8) is 0 Å². The second-order valence-electron chi connectivity index (χ2n) is 4.20. The summed E-state index contributed by atoms with van der Waals surface area (Å²) in [6.45, 7) is 1.77. The maximum atomic E-state index is 13.0. The molecule has 0 radical (unpaired) electrons. The quantitative estimate of drug-likeness (QED) is 0.827. The van der Waals surface area contributed by atoms with Gasteiger partial charge in [-0.15, -0.1) is 0 Å². The topological polar surface area (TPSA) is 72.2 Å². The first-order chi connectivity index (χ1) is 9.31. The molecule has 0 amide bonds. The van der Waals surface area contributed by atoms with E-state index >= 15 is 0 Å². The molecular formula is C13H12BrFN2O2S. The van der Waals surface area contributed by atoms with E-state index in [1.165, 1.54) is 0 Å². The molecule has 0 spiro atoms. The number of hydrogen-bond acceptors (Lipinski definition) is 3. The molecule has 20 heavy (non-hydrogen) atoms. The minimum atomic E-state index is -3.86. The Hall–Kier alpha value is -1.60. The molecule has 0 fully saturated rings. The molecular weight excluding hydrogens is 347 g/mol. The summed E-state index contributed by atoms with van der Waals surface area (Å²) in [6, 6.07) is 8.32. The minimum absolute atomic E-state index is 0.134. The summed E-state index contributed by atoms with van der Waals surface area (Å²) in [6.07, 6.45) is 0. The molecule has 0 unspecified atom stereocenters. The van der Waals surface area contributed by atoms with Gasteiger partial charge in [0.15, 0.2) is 0 Å². The zero-order valence-electron chi connectivity index (χ0n) is 10.5.